The number of anilines is 1. The van der Waals surface area contributed by atoms with Crippen molar-refractivity contribution in [3.05, 3.63) is 28.6 Å². The zero-order valence-corrected chi connectivity index (χ0v) is 12.7. The van der Waals surface area contributed by atoms with E-state index in [0.29, 0.717) is 10.6 Å². The maximum absolute atomic E-state index is 12.5. The zero-order valence-electron chi connectivity index (χ0n) is 11.9. The normalized spacial score (nSPS) is 12.6. The van der Waals surface area contributed by atoms with E-state index in [0.717, 1.165) is 16.5 Å². The Kier molecular flexibility index (Phi) is 3.80. The average Bonchev–Trinajstić information content (AvgIpc) is 2.72. The summed E-state index contributed by atoms with van der Waals surface area (Å²) in [5.41, 5.74) is 7.93. The quantitative estimate of drug-likeness (QED) is 0.930. The second-order valence-electron chi connectivity index (χ2n) is 5.02. The Labute approximate surface area is 118 Å². The van der Waals surface area contributed by atoms with E-state index in [-0.39, 0.29) is 11.9 Å². The molecule has 0 aliphatic carbocycles. The monoisotopic (exact) mass is 276 g/mol. The number of nitrogen functional groups attached to an aromatic ring is 1. The first-order valence-corrected chi connectivity index (χ1v) is 7.33. The van der Waals surface area contributed by atoms with E-state index < -0.39 is 0 Å². The van der Waals surface area contributed by atoms with Crippen molar-refractivity contribution in [1.29, 1.82) is 0 Å². The highest BCUT2D eigenvalue weighted by molar-refractivity contribution is 7.21. The van der Waals surface area contributed by atoms with Gasteiger partial charge in [-0.1, -0.05) is 19.1 Å². The van der Waals surface area contributed by atoms with Gasteiger partial charge >= 0.3 is 0 Å². The Morgan fingerprint density at radius 1 is 1.47 bits per heavy atom. The predicted molar refractivity (Wildman–Crippen MR) is 82.8 cm³/mol. The lowest BCUT2D eigenvalue weighted by atomic mass is 10.1. The summed E-state index contributed by atoms with van der Waals surface area (Å²) in [6.45, 7) is 6.17. The molecule has 2 N–H and O–H groups in total. The molecule has 2 rings (SSSR count). The molecule has 0 spiro atoms. The van der Waals surface area contributed by atoms with Gasteiger partial charge in [-0.3, -0.25) is 4.79 Å². The molecule has 1 amide bonds. The Hall–Kier alpha value is -1.55. The molecule has 1 unspecified atom stereocenters. The molecule has 0 bridgehead atoms. The van der Waals surface area contributed by atoms with Gasteiger partial charge in [-0.15, -0.1) is 11.3 Å². The maximum atomic E-state index is 12.5. The van der Waals surface area contributed by atoms with E-state index in [9.17, 15) is 4.79 Å². The molecule has 0 radical (unpaired) electrons. The van der Waals surface area contributed by atoms with Crippen molar-refractivity contribution in [2.24, 2.45) is 0 Å². The van der Waals surface area contributed by atoms with Crippen LogP contribution < -0.4 is 5.73 Å². The number of hydrogen-bond donors (Lipinski definition) is 1. The molecule has 1 aromatic carbocycles. The molecule has 0 saturated heterocycles. The fraction of sp³-hybridized carbons (Fsp3) is 0.400. The van der Waals surface area contributed by atoms with Gasteiger partial charge < -0.3 is 10.6 Å². The van der Waals surface area contributed by atoms with Gasteiger partial charge in [0.1, 0.15) is 4.88 Å². The molecule has 19 heavy (non-hydrogen) atoms. The van der Waals surface area contributed by atoms with Crippen LogP contribution in [-0.4, -0.2) is 23.9 Å². The van der Waals surface area contributed by atoms with Crippen molar-refractivity contribution >= 4 is 33.0 Å². The van der Waals surface area contributed by atoms with E-state index in [1.54, 1.807) is 4.90 Å². The SMILES string of the molecule is CCC(C)N(C)C(=O)c1sc2cc(C)ccc2c1N. The van der Waals surface area contributed by atoms with Crippen molar-refractivity contribution in [2.75, 3.05) is 12.8 Å². The third-order valence-electron chi connectivity index (χ3n) is 3.65. The molecular formula is C15H20N2OS. The first kappa shape index (κ1) is 13.9. The van der Waals surface area contributed by atoms with Crippen LogP contribution in [0.25, 0.3) is 10.1 Å². The van der Waals surface area contributed by atoms with E-state index in [1.165, 1.54) is 16.9 Å². The van der Waals surface area contributed by atoms with Gasteiger partial charge in [0, 0.05) is 23.2 Å². The lowest BCUT2D eigenvalue weighted by Crippen LogP contribution is -2.34. The van der Waals surface area contributed by atoms with E-state index in [1.807, 2.05) is 33.0 Å². The Morgan fingerprint density at radius 3 is 2.79 bits per heavy atom. The lowest BCUT2D eigenvalue weighted by Gasteiger charge is -2.23. The summed E-state index contributed by atoms with van der Waals surface area (Å²) in [4.78, 5) is 14.9. The van der Waals surface area contributed by atoms with Gasteiger partial charge in [0.2, 0.25) is 0 Å². The molecule has 1 atom stereocenters. The summed E-state index contributed by atoms with van der Waals surface area (Å²) in [6.07, 6.45) is 0.937. The lowest BCUT2D eigenvalue weighted by molar-refractivity contribution is 0.0746. The van der Waals surface area contributed by atoms with E-state index >= 15 is 0 Å². The highest BCUT2D eigenvalue weighted by Gasteiger charge is 2.22. The molecule has 0 fully saturated rings. The van der Waals surface area contributed by atoms with Crippen LogP contribution in [0.1, 0.15) is 35.5 Å². The van der Waals surface area contributed by atoms with Crippen LogP contribution >= 0.6 is 11.3 Å². The summed E-state index contributed by atoms with van der Waals surface area (Å²) in [5, 5.41) is 0.983. The largest absolute Gasteiger partial charge is 0.397 e. The average molecular weight is 276 g/mol. The Balaban J connectivity index is 2.45. The third kappa shape index (κ3) is 2.45. The van der Waals surface area contributed by atoms with Gasteiger partial charge in [0.25, 0.3) is 5.91 Å². The summed E-state index contributed by atoms with van der Waals surface area (Å²) >= 11 is 1.49. The first-order valence-electron chi connectivity index (χ1n) is 6.51. The number of thiophene rings is 1. The summed E-state index contributed by atoms with van der Waals surface area (Å²) < 4.78 is 1.08. The van der Waals surface area contributed by atoms with Crippen molar-refractivity contribution in [2.45, 2.75) is 33.2 Å². The van der Waals surface area contributed by atoms with Gasteiger partial charge in [0.15, 0.2) is 0 Å². The summed E-state index contributed by atoms with van der Waals surface area (Å²) in [6, 6.07) is 6.32. The Bertz CT molecular complexity index is 618. The minimum Gasteiger partial charge on any atom is -0.397 e. The number of nitrogens with zero attached hydrogens (tertiary/aromatic N) is 1. The van der Waals surface area contributed by atoms with Crippen LogP contribution in [0.3, 0.4) is 0 Å². The van der Waals surface area contributed by atoms with Crippen molar-refractivity contribution < 1.29 is 4.79 Å². The van der Waals surface area contributed by atoms with Crippen molar-refractivity contribution in [3.8, 4) is 0 Å². The summed E-state index contributed by atoms with van der Waals surface area (Å²) in [7, 11) is 1.84. The molecule has 1 aromatic heterocycles. The summed E-state index contributed by atoms with van der Waals surface area (Å²) in [5.74, 6) is 0.0192. The number of hydrogen-bond acceptors (Lipinski definition) is 3. The topological polar surface area (TPSA) is 46.3 Å². The number of carbonyl (C=O) groups is 1. The highest BCUT2D eigenvalue weighted by atomic mass is 32.1. The minimum absolute atomic E-state index is 0.0192. The fourth-order valence-corrected chi connectivity index (χ4v) is 3.22. The molecule has 1 heterocycles. The van der Waals surface area contributed by atoms with Crippen LogP contribution in [0.15, 0.2) is 18.2 Å². The van der Waals surface area contributed by atoms with Crippen LogP contribution in [0.2, 0.25) is 0 Å². The molecule has 102 valence electrons. The fourth-order valence-electron chi connectivity index (χ4n) is 2.02. The number of nitrogens with two attached hydrogens (primary N) is 1. The number of amides is 1. The van der Waals surface area contributed by atoms with Crippen molar-refractivity contribution in [3.63, 3.8) is 0 Å². The second-order valence-corrected chi connectivity index (χ2v) is 6.07. The van der Waals surface area contributed by atoms with Gasteiger partial charge in [0.05, 0.1) is 5.69 Å². The van der Waals surface area contributed by atoms with Crippen LogP contribution in [0.4, 0.5) is 5.69 Å². The number of benzene rings is 1. The molecule has 0 saturated carbocycles. The smallest absolute Gasteiger partial charge is 0.266 e. The maximum Gasteiger partial charge on any atom is 0.266 e. The van der Waals surface area contributed by atoms with Crippen molar-refractivity contribution in [1.82, 2.24) is 4.90 Å². The standard InChI is InChI=1S/C15H20N2OS/c1-5-10(3)17(4)15(18)14-13(16)11-7-6-9(2)8-12(11)19-14/h6-8,10H,5,16H2,1-4H3. The van der Waals surface area contributed by atoms with Gasteiger partial charge in [-0.25, -0.2) is 0 Å². The van der Waals surface area contributed by atoms with Gasteiger partial charge in [-0.05, 0) is 31.9 Å². The van der Waals surface area contributed by atoms with Crippen LogP contribution in [-0.2, 0) is 0 Å². The van der Waals surface area contributed by atoms with Crippen LogP contribution in [0, 0.1) is 6.92 Å². The predicted octanol–water partition coefficient (Wildman–Crippen LogP) is 3.66. The number of carbonyl (C=O) groups excluding carboxylic acids is 1. The Morgan fingerprint density at radius 2 is 2.16 bits per heavy atom. The third-order valence-corrected chi connectivity index (χ3v) is 4.81. The van der Waals surface area contributed by atoms with E-state index in [2.05, 4.69) is 13.0 Å². The zero-order chi connectivity index (χ0) is 14.2. The number of fused-ring (bicyclic) bond motifs is 1. The second kappa shape index (κ2) is 5.21. The number of aryl methyl sites for hydroxylation is 1. The van der Waals surface area contributed by atoms with E-state index in [4.69, 9.17) is 5.73 Å². The van der Waals surface area contributed by atoms with Gasteiger partial charge in [-0.2, -0.15) is 0 Å². The van der Waals surface area contributed by atoms with Crippen LogP contribution in [0.5, 0.6) is 0 Å². The highest BCUT2D eigenvalue weighted by Crippen LogP contribution is 2.35. The number of rotatable bonds is 3. The molecule has 3 nitrogen and oxygen atoms in total. The molecule has 0 aliphatic heterocycles. The molecule has 0 aliphatic rings. The first-order chi connectivity index (χ1) is 8.95. The molecule has 4 heteroatoms. The molecular weight excluding hydrogens is 256 g/mol. The molecule has 2 aromatic rings. The minimum atomic E-state index is 0.0192.